The number of halogens is 3. The van der Waals surface area contributed by atoms with Crippen molar-refractivity contribution in [2.75, 3.05) is 0 Å². The second kappa shape index (κ2) is 5.71. The summed E-state index contributed by atoms with van der Waals surface area (Å²) >= 11 is 0. The number of hydrogen-bond acceptors (Lipinski definition) is 3. The van der Waals surface area contributed by atoms with Gasteiger partial charge in [0.15, 0.2) is 6.04 Å². The minimum absolute atomic E-state index is 0.0191. The van der Waals surface area contributed by atoms with Crippen LogP contribution in [0.2, 0.25) is 0 Å². The fourth-order valence-corrected chi connectivity index (χ4v) is 2.23. The summed E-state index contributed by atoms with van der Waals surface area (Å²) < 4.78 is 41.1. The lowest BCUT2D eigenvalue weighted by Crippen LogP contribution is -2.38. The molecule has 0 unspecified atom stereocenters. The van der Waals surface area contributed by atoms with Gasteiger partial charge in [-0.05, 0) is 24.3 Å². The molecule has 0 radical (unpaired) electrons. The van der Waals surface area contributed by atoms with Crippen LogP contribution < -0.4 is 5.32 Å². The Morgan fingerprint density at radius 3 is 2.65 bits per heavy atom. The van der Waals surface area contributed by atoms with Crippen LogP contribution in [0.25, 0.3) is 5.52 Å². The van der Waals surface area contributed by atoms with E-state index in [0.717, 1.165) is 6.20 Å². The van der Waals surface area contributed by atoms with Crippen LogP contribution in [-0.4, -0.2) is 26.7 Å². The first-order valence-corrected chi connectivity index (χ1v) is 6.67. The Morgan fingerprint density at radius 1 is 1.13 bits per heavy atom. The number of rotatable bonds is 3. The first kappa shape index (κ1) is 15.0. The Hall–Kier alpha value is -2.90. The normalized spacial score (nSPS) is 13.0. The lowest BCUT2D eigenvalue weighted by molar-refractivity contribution is -0.155. The maximum Gasteiger partial charge on any atom is 0.412 e. The number of alkyl halides is 3. The van der Waals surface area contributed by atoms with Crippen molar-refractivity contribution < 1.29 is 18.0 Å². The molecule has 0 saturated heterocycles. The van der Waals surface area contributed by atoms with Gasteiger partial charge in [-0.2, -0.15) is 18.3 Å². The van der Waals surface area contributed by atoms with Crippen molar-refractivity contribution in [1.29, 1.82) is 0 Å². The Morgan fingerprint density at radius 2 is 1.96 bits per heavy atom. The van der Waals surface area contributed by atoms with Crippen molar-refractivity contribution in [1.82, 2.24) is 19.9 Å². The first-order chi connectivity index (χ1) is 11.0. The molecule has 1 amide bonds. The van der Waals surface area contributed by atoms with Crippen LogP contribution in [0.4, 0.5) is 13.2 Å². The highest BCUT2D eigenvalue weighted by molar-refractivity contribution is 5.93. The molecule has 0 saturated carbocycles. The van der Waals surface area contributed by atoms with E-state index in [-0.39, 0.29) is 11.3 Å². The number of nitrogens with one attached hydrogen (secondary N) is 1. The van der Waals surface area contributed by atoms with Gasteiger partial charge in [-0.1, -0.05) is 12.1 Å². The fourth-order valence-electron chi connectivity index (χ4n) is 2.23. The summed E-state index contributed by atoms with van der Waals surface area (Å²) in [5, 5.41) is 5.95. The minimum Gasteiger partial charge on any atom is -0.335 e. The molecular formula is C15H11F3N4O. The Bertz CT molecular complexity index is 829. The van der Waals surface area contributed by atoms with Crippen molar-refractivity contribution in [3.8, 4) is 0 Å². The third-order valence-corrected chi connectivity index (χ3v) is 3.27. The van der Waals surface area contributed by atoms with Crippen molar-refractivity contribution in [2.45, 2.75) is 12.2 Å². The topological polar surface area (TPSA) is 59.3 Å². The maximum absolute atomic E-state index is 13.3. The van der Waals surface area contributed by atoms with E-state index in [1.165, 1.54) is 35.1 Å². The predicted molar refractivity (Wildman–Crippen MR) is 75.7 cm³/mol. The standard InChI is InChI=1S/C15H11F3N4O/c16-15(17,18)13(10-3-2-7-19-9-10)21-14(23)12-5-1-4-11-6-8-20-22(11)12/h1-9,13H,(H,21,23)/t13-/m1/s1. The molecule has 1 atom stereocenters. The van der Waals surface area contributed by atoms with Gasteiger partial charge in [-0.15, -0.1) is 0 Å². The second-order valence-corrected chi connectivity index (χ2v) is 4.81. The van der Waals surface area contributed by atoms with E-state index in [1.54, 1.807) is 18.2 Å². The highest BCUT2D eigenvalue weighted by atomic mass is 19.4. The van der Waals surface area contributed by atoms with Gasteiger partial charge >= 0.3 is 6.18 Å². The van der Waals surface area contributed by atoms with E-state index in [9.17, 15) is 18.0 Å². The minimum atomic E-state index is -4.64. The number of carbonyl (C=O) groups excluding carboxylic acids is 1. The van der Waals surface area contributed by atoms with Gasteiger partial charge in [0.05, 0.1) is 11.7 Å². The summed E-state index contributed by atoms with van der Waals surface area (Å²) in [6.07, 6.45) is -0.735. The van der Waals surface area contributed by atoms with Crippen LogP contribution in [0.3, 0.4) is 0 Å². The second-order valence-electron chi connectivity index (χ2n) is 4.81. The van der Waals surface area contributed by atoms with Gasteiger partial charge in [0.2, 0.25) is 0 Å². The van der Waals surface area contributed by atoms with Crippen molar-refractivity contribution in [3.05, 3.63) is 66.2 Å². The van der Waals surface area contributed by atoms with Crippen molar-refractivity contribution >= 4 is 11.4 Å². The highest BCUT2D eigenvalue weighted by Gasteiger charge is 2.42. The Balaban J connectivity index is 1.94. The summed E-state index contributed by atoms with van der Waals surface area (Å²) in [6.45, 7) is 0. The molecular weight excluding hydrogens is 309 g/mol. The van der Waals surface area contributed by atoms with Crippen LogP contribution >= 0.6 is 0 Å². The van der Waals surface area contributed by atoms with Gasteiger partial charge in [0, 0.05) is 18.0 Å². The van der Waals surface area contributed by atoms with E-state index < -0.39 is 18.1 Å². The summed E-state index contributed by atoms with van der Waals surface area (Å²) in [6, 6.07) is 6.85. The van der Waals surface area contributed by atoms with Crippen LogP contribution in [0.5, 0.6) is 0 Å². The fraction of sp³-hybridized carbons (Fsp3) is 0.133. The number of fused-ring (bicyclic) bond motifs is 1. The van der Waals surface area contributed by atoms with Gasteiger partial charge in [0.25, 0.3) is 5.91 Å². The molecule has 0 bridgehead atoms. The van der Waals surface area contributed by atoms with Crippen LogP contribution in [0.15, 0.2) is 55.0 Å². The number of aromatic nitrogens is 3. The number of amides is 1. The largest absolute Gasteiger partial charge is 0.412 e. The first-order valence-electron chi connectivity index (χ1n) is 6.67. The van der Waals surface area contributed by atoms with E-state index in [4.69, 9.17) is 0 Å². The van der Waals surface area contributed by atoms with E-state index >= 15 is 0 Å². The molecule has 8 heteroatoms. The summed E-state index contributed by atoms with van der Waals surface area (Å²) in [5.74, 6) is -0.870. The number of hydrogen-bond donors (Lipinski definition) is 1. The number of pyridine rings is 2. The quantitative estimate of drug-likeness (QED) is 0.807. The summed E-state index contributed by atoms with van der Waals surface area (Å²) in [7, 11) is 0. The zero-order valence-electron chi connectivity index (χ0n) is 11.7. The molecule has 3 aromatic rings. The Labute approximate surface area is 128 Å². The smallest absolute Gasteiger partial charge is 0.335 e. The molecule has 5 nitrogen and oxygen atoms in total. The zero-order valence-corrected chi connectivity index (χ0v) is 11.7. The highest BCUT2D eigenvalue weighted by Crippen LogP contribution is 2.32. The van der Waals surface area contributed by atoms with Crippen LogP contribution in [-0.2, 0) is 0 Å². The van der Waals surface area contributed by atoms with Crippen LogP contribution in [0.1, 0.15) is 22.1 Å². The predicted octanol–water partition coefficient (Wildman–Crippen LogP) is 2.76. The summed E-state index contributed by atoms with van der Waals surface area (Å²) in [5.41, 5.74) is 0.495. The molecule has 0 aliphatic rings. The van der Waals surface area contributed by atoms with E-state index in [0.29, 0.717) is 5.52 Å². The van der Waals surface area contributed by atoms with Gasteiger partial charge < -0.3 is 5.32 Å². The lowest BCUT2D eigenvalue weighted by atomic mass is 10.1. The van der Waals surface area contributed by atoms with Crippen molar-refractivity contribution in [3.63, 3.8) is 0 Å². The molecule has 3 heterocycles. The molecule has 0 aliphatic carbocycles. The van der Waals surface area contributed by atoms with E-state index in [2.05, 4.69) is 10.1 Å². The SMILES string of the molecule is O=C(N[C@H](c1cccnc1)C(F)(F)F)c1cccc2ccnn12. The van der Waals surface area contributed by atoms with Gasteiger partial charge in [-0.25, -0.2) is 4.52 Å². The summed E-state index contributed by atoms with van der Waals surface area (Å²) in [4.78, 5) is 16.0. The average molecular weight is 320 g/mol. The molecule has 0 aromatic carbocycles. The maximum atomic E-state index is 13.3. The van der Waals surface area contributed by atoms with Gasteiger partial charge in [-0.3, -0.25) is 9.78 Å². The molecule has 118 valence electrons. The monoisotopic (exact) mass is 320 g/mol. The van der Waals surface area contributed by atoms with Gasteiger partial charge in [0.1, 0.15) is 5.69 Å². The molecule has 1 N–H and O–H groups in total. The third-order valence-electron chi connectivity index (χ3n) is 3.27. The number of carbonyl (C=O) groups is 1. The average Bonchev–Trinajstić information content (AvgIpc) is 3.00. The molecule has 0 spiro atoms. The van der Waals surface area contributed by atoms with E-state index in [1.807, 2.05) is 5.32 Å². The molecule has 23 heavy (non-hydrogen) atoms. The molecule has 3 rings (SSSR count). The zero-order chi connectivity index (χ0) is 16.4. The molecule has 0 aliphatic heterocycles. The lowest BCUT2D eigenvalue weighted by Gasteiger charge is -2.21. The Kier molecular flexibility index (Phi) is 3.73. The molecule has 3 aromatic heterocycles. The number of nitrogens with zero attached hydrogens (tertiary/aromatic N) is 3. The third kappa shape index (κ3) is 3.01. The molecule has 0 fully saturated rings. The van der Waals surface area contributed by atoms with Crippen molar-refractivity contribution in [2.24, 2.45) is 0 Å². The van der Waals surface area contributed by atoms with Crippen LogP contribution in [0, 0.1) is 0 Å².